The molecular formula is C11H15BrN2O2. The fourth-order valence-electron chi connectivity index (χ4n) is 1.81. The van der Waals surface area contributed by atoms with E-state index in [0.717, 1.165) is 12.8 Å². The maximum absolute atomic E-state index is 11.9. The zero-order valence-corrected chi connectivity index (χ0v) is 10.7. The van der Waals surface area contributed by atoms with Gasteiger partial charge in [0.2, 0.25) is 5.76 Å². The van der Waals surface area contributed by atoms with Crippen molar-refractivity contribution in [1.29, 1.82) is 0 Å². The molecule has 1 unspecified atom stereocenters. The molecule has 1 aliphatic carbocycles. The molecule has 0 aliphatic heterocycles. The van der Waals surface area contributed by atoms with E-state index in [-0.39, 0.29) is 11.4 Å². The fraction of sp³-hybridized carbons (Fsp3) is 0.545. The molecule has 88 valence electrons. The lowest BCUT2D eigenvalue weighted by Crippen LogP contribution is -2.53. The average molecular weight is 287 g/mol. The summed E-state index contributed by atoms with van der Waals surface area (Å²) in [7, 11) is 0. The predicted octanol–water partition coefficient (Wildman–Crippen LogP) is 1.90. The van der Waals surface area contributed by atoms with Gasteiger partial charge in [0.05, 0.1) is 16.3 Å². The number of hydrogen-bond acceptors (Lipinski definition) is 3. The van der Waals surface area contributed by atoms with Crippen LogP contribution in [0.25, 0.3) is 0 Å². The van der Waals surface area contributed by atoms with E-state index in [2.05, 4.69) is 21.2 Å². The van der Waals surface area contributed by atoms with Crippen molar-refractivity contribution in [3.05, 3.63) is 22.6 Å². The molecule has 1 aromatic rings. The molecule has 1 saturated carbocycles. The molecule has 1 fully saturated rings. The van der Waals surface area contributed by atoms with Crippen molar-refractivity contribution in [3.63, 3.8) is 0 Å². The fourth-order valence-corrected chi connectivity index (χ4v) is 2.19. The van der Waals surface area contributed by atoms with Crippen LogP contribution in [0.4, 0.5) is 0 Å². The Kier molecular flexibility index (Phi) is 3.08. The number of nitrogens with two attached hydrogens (primary N) is 1. The minimum atomic E-state index is -0.316. The van der Waals surface area contributed by atoms with Gasteiger partial charge >= 0.3 is 0 Å². The number of carbonyl (C=O) groups is 1. The summed E-state index contributed by atoms with van der Waals surface area (Å²) < 4.78 is 5.78. The molecular weight excluding hydrogens is 272 g/mol. The molecule has 1 heterocycles. The summed E-state index contributed by atoms with van der Waals surface area (Å²) in [5, 5.41) is 2.96. The van der Waals surface area contributed by atoms with Crippen LogP contribution >= 0.6 is 15.9 Å². The minimum absolute atomic E-state index is 0.211. The average Bonchev–Trinajstić information content (AvgIpc) is 3.02. The lowest BCUT2D eigenvalue weighted by Gasteiger charge is -2.29. The van der Waals surface area contributed by atoms with E-state index in [0.29, 0.717) is 22.7 Å². The summed E-state index contributed by atoms with van der Waals surface area (Å²) in [6.45, 7) is 2.43. The molecule has 0 bridgehead atoms. The van der Waals surface area contributed by atoms with Crippen LogP contribution < -0.4 is 11.1 Å². The van der Waals surface area contributed by atoms with Gasteiger partial charge in [0.25, 0.3) is 5.91 Å². The van der Waals surface area contributed by atoms with E-state index >= 15 is 0 Å². The first-order valence-corrected chi connectivity index (χ1v) is 6.11. The number of furan rings is 1. The number of nitrogens with one attached hydrogen (secondary N) is 1. The van der Waals surface area contributed by atoms with Crippen molar-refractivity contribution in [3.8, 4) is 0 Å². The van der Waals surface area contributed by atoms with Crippen LogP contribution in [-0.2, 0) is 0 Å². The van der Waals surface area contributed by atoms with Gasteiger partial charge in [-0.25, -0.2) is 0 Å². The van der Waals surface area contributed by atoms with Crippen molar-refractivity contribution >= 4 is 21.8 Å². The van der Waals surface area contributed by atoms with E-state index in [1.807, 2.05) is 6.92 Å². The van der Waals surface area contributed by atoms with Crippen molar-refractivity contribution < 1.29 is 9.21 Å². The molecule has 3 N–H and O–H groups in total. The zero-order valence-electron chi connectivity index (χ0n) is 9.13. The largest absolute Gasteiger partial charge is 0.458 e. The second-order valence-electron chi connectivity index (χ2n) is 4.45. The Morgan fingerprint density at radius 1 is 1.75 bits per heavy atom. The Morgan fingerprint density at radius 2 is 2.44 bits per heavy atom. The van der Waals surface area contributed by atoms with Crippen LogP contribution in [0.5, 0.6) is 0 Å². The van der Waals surface area contributed by atoms with Gasteiger partial charge in [-0.1, -0.05) is 0 Å². The van der Waals surface area contributed by atoms with Crippen molar-refractivity contribution in [2.45, 2.75) is 25.3 Å². The Balaban J connectivity index is 2.09. The molecule has 1 aliphatic rings. The van der Waals surface area contributed by atoms with Crippen LogP contribution in [-0.4, -0.2) is 18.0 Å². The Labute approximate surface area is 103 Å². The molecule has 0 radical (unpaired) electrons. The van der Waals surface area contributed by atoms with Crippen LogP contribution in [0.1, 0.15) is 30.3 Å². The standard InChI is InChI=1S/C11H15BrN2O2/c1-11(6-13,7-2-3-7)14-10(15)9-8(12)4-5-16-9/h4-5,7H,2-3,6,13H2,1H3,(H,14,15). The molecule has 5 heteroatoms. The van der Waals surface area contributed by atoms with Crippen LogP contribution in [0, 0.1) is 5.92 Å². The highest BCUT2D eigenvalue weighted by Crippen LogP contribution is 2.39. The first-order chi connectivity index (χ1) is 7.57. The summed E-state index contributed by atoms with van der Waals surface area (Å²) >= 11 is 3.26. The molecule has 1 aromatic heterocycles. The Morgan fingerprint density at radius 3 is 2.88 bits per heavy atom. The summed E-state index contributed by atoms with van der Waals surface area (Å²) in [5.41, 5.74) is 5.41. The van der Waals surface area contributed by atoms with E-state index in [1.165, 1.54) is 6.26 Å². The second-order valence-corrected chi connectivity index (χ2v) is 5.30. The maximum atomic E-state index is 11.9. The third-order valence-corrected chi connectivity index (χ3v) is 3.75. The number of hydrogen-bond donors (Lipinski definition) is 2. The Hall–Kier alpha value is -0.810. The van der Waals surface area contributed by atoms with Crippen molar-refractivity contribution in [1.82, 2.24) is 5.32 Å². The number of amides is 1. The van der Waals surface area contributed by atoms with Gasteiger partial charge in [-0.05, 0) is 47.7 Å². The number of rotatable bonds is 4. The summed E-state index contributed by atoms with van der Waals surface area (Å²) in [5.74, 6) is 0.590. The van der Waals surface area contributed by atoms with E-state index in [4.69, 9.17) is 10.2 Å². The van der Waals surface area contributed by atoms with Crippen molar-refractivity contribution in [2.75, 3.05) is 6.54 Å². The quantitative estimate of drug-likeness (QED) is 0.888. The number of halogens is 1. The van der Waals surface area contributed by atoms with Gasteiger partial charge in [0.15, 0.2) is 0 Å². The van der Waals surface area contributed by atoms with Crippen molar-refractivity contribution in [2.24, 2.45) is 11.7 Å². The van der Waals surface area contributed by atoms with Gasteiger partial charge in [-0.15, -0.1) is 0 Å². The highest BCUT2D eigenvalue weighted by atomic mass is 79.9. The van der Waals surface area contributed by atoms with E-state index in [9.17, 15) is 4.79 Å². The van der Waals surface area contributed by atoms with Gasteiger partial charge in [-0.3, -0.25) is 4.79 Å². The molecule has 0 spiro atoms. The van der Waals surface area contributed by atoms with E-state index < -0.39 is 0 Å². The monoisotopic (exact) mass is 286 g/mol. The lowest BCUT2D eigenvalue weighted by atomic mass is 9.96. The highest BCUT2D eigenvalue weighted by Gasteiger charge is 2.42. The van der Waals surface area contributed by atoms with Crippen LogP contribution in [0.15, 0.2) is 21.2 Å². The van der Waals surface area contributed by atoms with Crippen LogP contribution in [0.2, 0.25) is 0 Å². The first-order valence-electron chi connectivity index (χ1n) is 5.32. The normalized spacial score (nSPS) is 19.2. The zero-order chi connectivity index (χ0) is 11.8. The molecule has 1 amide bonds. The molecule has 0 saturated heterocycles. The Bertz CT molecular complexity index is 400. The summed E-state index contributed by atoms with van der Waals surface area (Å²) in [6.07, 6.45) is 3.75. The highest BCUT2D eigenvalue weighted by molar-refractivity contribution is 9.10. The number of carbonyl (C=O) groups excluding carboxylic acids is 1. The molecule has 16 heavy (non-hydrogen) atoms. The maximum Gasteiger partial charge on any atom is 0.288 e. The topological polar surface area (TPSA) is 68.3 Å². The van der Waals surface area contributed by atoms with Crippen LogP contribution in [0.3, 0.4) is 0 Å². The lowest BCUT2D eigenvalue weighted by molar-refractivity contribution is 0.0868. The molecule has 2 rings (SSSR count). The predicted molar refractivity (Wildman–Crippen MR) is 64.1 cm³/mol. The molecule has 4 nitrogen and oxygen atoms in total. The third kappa shape index (κ3) is 2.15. The van der Waals surface area contributed by atoms with Gasteiger partial charge in [0.1, 0.15) is 0 Å². The van der Waals surface area contributed by atoms with Gasteiger partial charge < -0.3 is 15.5 Å². The summed E-state index contributed by atoms with van der Waals surface area (Å²) in [6, 6.07) is 1.70. The van der Waals surface area contributed by atoms with E-state index in [1.54, 1.807) is 6.07 Å². The third-order valence-electron chi connectivity index (χ3n) is 3.12. The smallest absolute Gasteiger partial charge is 0.288 e. The molecule has 0 aromatic carbocycles. The minimum Gasteiger partial charge on any atom is -0.458 e. The summed E-state index contributed by atoms with van der Waals surface area (Å²) in [4.78, 5) is 11.9. The molecule has 1 atom stereocenters. The SMILES string of the molecule is CC(CN)(NC(=O)c1occc1Br)C1CC1. The second kappa shape index (κ2) is 4.22. The first kappa shape index (κ1) is 11.7. The van der Waals surface area contributed by atoms with Gasteiger partial charge in [-0.2, -0.15) is 0 Å². The van der Waals surface area contributed by atoms with Gasteiger partial charge in [0, 0.05) is 6.54 Å².